The third-order valence-electron chi connectivity index (χ3n) is 2.03. The molecule has 0 radical (unpaired) electrons. The van der Waals surface area contributed by atoms with E-state index in [0.29, 0.717) is 13.0 Å². The molecule has 12 heavy (non-hydrogen) atoms. The van der Waals surface area contributed by atoms with E-state index in [9.17, 15) is 15.0 Å². The van der Waals surface area contributed by atoms with Gasteiger partial charge in [0.2, 0.25) is 0 Å². The molecule has 5 heteroatoms. The predicted octanol–water partition coefficient (Wildman–Crippen LogP) is -1.46. The summed E-state index contributed by atoms with van der Waals surface area (Å²) in [7, 11) is 0. The highest BCUT2D eigenvalue weighted by atomic mass is 16.4. The van der Waals surface area contributed by atoms with Crippen molar-refractivity contribution in [1.29, 1.82) is 0 Å². The lowest BCUT2D eigenvalue weighted by Crippen LogP contribution is -2.42. The average Bonchev–Trinajstić information content (AvgIpc) is 2.33. The van der Waals surface area contributed by atoms with Crippen LogP contribution in [0.4, 0.5) is 0 Å². The van der Waals surface area contributed by atoms with Crippen LogP contribution in [0.2, 0.25) is 0 Å². The second-order valence-corrected chi connectivity index (χ2v) is 3.00. The van der Waals surface area contributed by atoms with Crippen molar-refractivity contribution in [3.8, 4) is 0 Å². The number of rotatable bonds is 3. The van der Waals surface area contributed by atoms with Crippen molar-refractivity contribution >= 4 is 5.97 Å². The summed E-state index contributed by atoms with van der Waals surface area (Å²) in [5.41, 5.74) is 0. The Morgan fingerprint density at radius 2 is 2.33 bits per heavy atom. The number of hydrogen-bond donors (Lipinski definition) is 4. The van der Waals surface area contributed by atoms with Crippen LogP contribution in [-0.2, 0) is 4.79 Å². The summed E-state index contributed by atoms with van der Waals surface area (Å²) in [6.45, 7) is 0.627. The molecule has 1 aliphatic heterocycles. The molecule has 70 valence electrons. The van der Waals surface area contributed by atoms with Gasteiger partial charge in [-0.15, -0.1) is 0 Å². The van der Waals surface area contributed by atoms with Gasteiger partial charge >= 0.3 is 5.97 Å². The first-order valence-electron chi connectivity index (χ1n) is 3.92. The fourth-order valence-corrected chi connectivity index (χ4v) is 1.41. The summed E-state index contributed by atoms with van der Waals surface area (Å²) in [5, 5.41) is 29.8. The van der Waals surface area contributed by atoms with Crippen LogP contribution >= 0.6 is 0 Å². The predicted molar refractivity (Wildman–Crippen MR) is 40.7 cm³/mol. The highest BCUT2D eigenvalue weighted by Gasteiger charge is 2.31. The molecule has 0 bridgehead atoms. The van der Waals surface area contributed by atoms with Gasteiger partial charge in [-0.05, 0) is 13.0 Å². The molecule has 4 N–H and O–H groups in total. The van der Waals surface area contributed by atoms with Gasteiger partial charge in [-0.2, -0.15) is 0 Å². The second kappa shape index (κ2) is 3.84. The van der Waals surface area contributed by atoms with Crippen LogP contribution in [0.15, 0.2) is 0 Å². The molecular weight excluding hydrogens is 162 g/mol. The first-order chi connectivity index (χ1) is 5.61. The van der Waals surface area contributed by atoms with Crippen LogP contribution in [0, 0.1) is 0 Å². The Morgan fingerprint density at radius 3 is 2.75 bits per heavy atom. The number of carboxylic acid groups (broad SMARTS) is 1. The quantitative estimate of drug-likeness (QED) is 0.421. The Bertz CT molecular complexity index is 173. The van der Waals surface area contributed by atoms with Crippen molar-refractivity contribution < 1.29 is 20.1 Å². The maximum Gasteiger partial charge on any atom is 0.306 e. The number of carbonyl (C=O) groups is 1. The molecule has 0 spiro atoms. The molecule has 0 aromatic carbocycles. The van der Waals surface area contributed by atoms with Gasteiger partial charge in [0.1, 0.15) is 0 Å². The lowest BCUT2D eigenvalue weighted by atomic mass is 10.0. The Kier molecular flexibility index (Phi) is 3.02. The van der Waals surface area contributed by atoms with Gasteiger partial charge in [-0.3, -0.25) is 4.79 Å². The van der Waals surface area contributed by atoms with Crippen LogP contribution in [0.3, 0.4) is 0 Å². The van der Waals surface area contributed by atoms with Crippen molar-refractivity contribution in [2.75, 3.05) is 6.54 Å². The molecule has 1 aliphatic rings. The second-order valence-electron chi connectivity index (χ2n) is 3.00. The molecule has 0 amide bonds. The SMILES string of the molecule is O=C(O)C[C@@H](O)[C@H]1NCC[C@H]1O. The summed E-state index contributed by atoms with van der Waals surface area (Å²) in [5.74, 6) is -1.05. The molecule has 0 aromatic rings. The molecule has 1 rings (SSSR count). The normalized spacial score (nSPS) is 31.8. The number of nitrogens with one attached hydrogen (secondary N) is 1. The van der Waals surface area contributed by atoms with E-state index >= 15 is 0 Å². The molecule has 1 heterocycles. The van der Waals surface area contributed by atoms with Gasteiger partial charge in [0, 0.05) is 0 Å². The van der Waals surface area contributed by atoms with E-state index in [4.69, 9.17) is 5.11 Å². The Morgan fingerprint density at radius 1 is 1.67 bits per heavy atom. The minimum atomic E-state index is -1.05. The zero-order valence-electron chi connectivity index (χ0n) is 6.60. The van der Waals surface area contributed by atoms with Crippen LogP contribution in [0.25, 0.3) is 0 Å². The van der Waals surface area contributed by atoms with Crippen molar-refractivity contribution in [3.63, 3.8) is 0 Å². The third-order valence-corrected chi connectivity index (χ3v) is 2.03. The Hall–Kier alpha value is -0.650. The molecule has 0 aromatic heterocycles. The molecule has 1 saturated heterocycles. The van der Waals surface area contributed by atoms with E-state index in [1.807, 2.05) is 0 Å². The maximum atomic E-state index is 10.2. The maximum absolute atomic E-state index is 10.2. The van der Waals surface area contributed by atoms with E-state index in [2.05, 4.69) is 5.32 Å². The van der Waals surface area contributed by atoms with Gasteiger partial charge in [0.05, 0.1) is 24.7 Å². The van der Waals surface area contributed by atoms with Crippen LogP contribution < -0.4 is 5.32 Å². The van der Waals surface area contributed by atoms with Crippen molar-refractivity contribution in [3.05, 3.63) is 0 Å². The Labute approximate surface area is 70.0 Å². The van der Waals surface area contributed by atoms with Crippen molar-refractivity contribution in [1.82, 2.24) is 5.32 Å². The molecule has 0 saturated carbocycles. The molecule has 0 aliphatic carbocycles. The zero-order chi connectivity index (χ0) is 9.14. The smallest absolute Gasteiger partial charge is 0.306 e. The van der Waals surface area contributed by atoms with E-state index in [-0.39, 0.29) is 6.42 Å². The number of carboxylic acids is 1. The fraction of sp³-hybridized carbons (Fsp3) is 0.857. The fourth-order valence-electron chi connectivity index (χ4n) is 1.41. The lowest BCUT2D eigenvalue weighted by molar-refractivity contribution is -0.139. The molecular formula is C7H13NO4. The minimum Gasteiger partial charge on any atom is -0.481 e. The van der Waals surface area contributed by atoms with Gasteiger partial charge in [0.15, 0.2) is 0 Å². The summed E-state index contributed by atoms with van der Waals surface area (Å²) < 4.78 is 0. The van der Waals surface area contributed by atoms with Crippen molar-refractivity contribution in [2.24, 2.45) is 0 Å². The average molecular weight is 175 g/mol. The van der Waals surface area contributed by atoms with Crippen LogP contribution in [-0.4, -0.2) is 46.1 Å². The van der Waals surface area contributed by atoms with Gasteiger partial charge in [-0.1, -0.05) is 0 Å². The largest absolute Gasteiger partial charge is 0.481 e. The summed E-state index contributed by atoms with van der Waals surface area (Å²) in [4.78, 5) is 10.2. The highest BCUT2D eigenvalue weighted by Crippen LogP contribution is 2.12. The lowest BCUT2D eigenvalue weighted by Gasteiger charge is -2.19. The summed E-state index contributed by atoms with van der Waals surface area (Å²) in [6.07, 6.45) is -1.38. The van der Waals surface area contributed by atoms with E-state index in [1.165, 1.54) is 0 Å². The highest BCUT2D eigenvalue weighted by molar-refractivity contribution is 5.67. The minimum absolute atomic E-state index is 0.325. The number of aliphatic hydroxyl groups excluding tert-OH is 2. The molecule has 1 fully saturated rings. The van der Waals surface area contributed by atoms with Crippen molar-refractivity contribution in [2.45, 2.75) is 31.1 Å². The standard InChI is InChI=1S/C7H13NO4/c9-4-1-2-8-7(4)5(10)3-6(11)12/h4-5,7-10H,1-3H2,(H,11,12)/t4-,5-,7+/m1/s1. The number of hydrogen-bond acceptors (Lipinski definition) is 4. The van der Waals surface area contributed by atoms with Crippen LogP contribution in [0.1, 0.15) is 12.8 Å². The molecule has 5 nitrogen and oxygen atoms in total. The first kappa shape index (κ1) is 9.44. The molecule has 0 unspecified atom stereocenters. The third kappa shape index (κ3) is 2.17. The zero-order valence-corrected chi connectivity index (χ0v) is 6.60. The van der Waals surface area contributed by atoms with E-state index < -0.39 is 24.2 Å². The van der Waals surface area contributed by atoms with E-state index in [0.717, 1.165) is 0 Å². The number of aliphatic carboxylic acids is 1. The summed E-state index contributed by atoms with van der Waals surface area (Å²) in [6, 6.07) is -0.485. The Balaban J connectivity index is 2.40. The topological polar surface area (TPSA) is 89.8 Å². The van der Waals surface area contributed by atoms with E-state index in [1.54, 1.807) is 0 Å². The van der Waals surface area contributed by atoms with Gasteiger partial charge in [-0.25, -0.2) is 0 Å². The first-order valence-corrected chi connectivity index (χ1v) is 3.92. The van der Waals surface area contributed by atoms with Gasteiger partial charge in [0.25, 0.3) is 0 Å². The van der Waals surface area contributed by atoms with Crippen LogP contribution in [0.5, 0.6) is 0 Å². The molecule has 3 atom stereocenters. The van der Waals surface area contributed by atoms with Gasteiger partial charge < -0.3 is 20.6 Å². The number of aliphatic hydroxyl groups is 2. The monoisotopic (exact) mass is 175 g/mol. The summed E-state index contributed by atoms with van der Waals surface area (Å²) >= 11 is 0.